The van der Waals surface area contributed by atoms with Gasteiger partial charge in [-0.2, -0.15) is 0 Å². The number of aldehydes is 1. The average Bonchev–Trinajstić information content (AvgIpc) is 3.15. The molecule has 2 rings (SSSR count). The number of allylic oxidation sites excluding steroid dienone is 1. The molecule has 5 heteroatoms. The third kappa shape index (κ3) is 5.17. The van der Waals surface area contributed by atoms with Crippen LogP contribution in [-0.2, 0) is 0 Å². The lowest BCUT2D eigenvalue weighted by Gasteiger charge is -2.13. The summed E-state index contributed by atoms with van der Waals surface area (Å²) in [5.74, 6) is 1.26. The second-order valence-corrected chi connectivity index (χ2v) is 6.78. The topological polar surface area (TPSA) is 67.5 Å². The van der Waals surface area contributed by atoms with E-state index in [-0.39, 0.29) is 0 Å². The molecule has 4 nitrogen and oxygen atoms in total. The number of hydrogen-bond acceptors (Lipinski definition) is 4. The van der Waals surface area contributed by atoms with Crippen molar-refractivity contribution in [2.75, 3.05) is 5.32 Å². The Labute approximate surface area is 159 Å². The maximum atomic E-state index is 10.8. The first-order valence-corrected chi connectivity index (χ1v) is 9.59. The van der Waals surface area contributed by atoms with Gasteiger partial charge in [0.05, 0.1) is 4.88 Å². The minimum absolute atomic E-state index is 0.483. The van der Waals surface area contributed by atoms with Crippen LogP contribution in [0, 0.1) is 0 Å². The van der Waals surface area contributed by atoms with Crippen molar-refractivity contribution in [2.45, 2.75) is 33.1 Å². The van der Waals surface area contributed by atoms with Crippen molar-refractivity contribution in [1.82, 2.24) is 0 Å². The van der Waals surface area contributed by atoms with E-state index < -0.39 is 0 Å². The van der Waals surface area contributed by atoms with Crippen LogP contribution in [-0.4, -0.2) is 12.1 Å². The van der Waals surface area contributed by atoms with Crippen molar-refractivity contribution in [3.63, 3.8) is 0 Å². The molecular formula is C21H25N3OS. The third-order valence-electron chi connectivity index (χ3n) is 3.96. The van der Waals surface area contributed by atoms with Crippen LogP contribution in [0.1, 0.15) is 53.9 Å². The first-order valence-electron chi connectivity index (χ1n) is 8.71. The first-order chi connectivity index (χ1) is 12.6. The largest absolute Gasteiger partial charge is 0.382 e. The fourth-order valence-electron chi connectivity index (χ4n) is 2.51. The molecule has 0 aliphatic heterocycles. The zero-order chi connectivity index (χ0) is 18.9. The number of nitrogens with one attached hydrogen (secondary N) is 1. The van der Waals surface area contributed by atoms with Gasteiger partial charge < -0.3 is 11.1 Å². The Hall–Kier alpha value is -2.66. The van der Waals surface area contributed by atoms with E-state index in [4.69, 9.17) is 10.7 Å². The fourth-order valence-corrected chi connectivity index (χ4v) is 3.31. The van der Waals surface area contributed by atoms with Crippen molar-refractivity contribution in [3.8, 4) is 0 Å². The van der Waals surface area contributed by atoms with E-state index in [1.54, 1.807) is 29.5 Å². The van der Waals surface area contributed by atoms with Gasteiger partial charge in [0.15, 0.2) is 0 Å². The highest BCUT2D eigenvalue weighted by molar-refractivity contribution is 7.12. The van der Waals surface area contributed by atoms with Crippen LogP contribution in [0.4, 0.5) is 5.69 Å². The number of nitrogens with zero attached hydrogens (tertiary/aromatic N) is 1. The molecule has 0 amide bonds. The first kappa shape index (κ1) is 19.7. The van der Waals surface area contributed by atoms with Crippen LogP contribution in [0.5, 0.6) is 0 Å². The number of thiophene rings is 1. The Balaban J connectivity index is 2.37. The smallest absolute Gasteiger partial charge is 0.150 e. The molecule has 1 aromatic heterocycles. The standard InChI is InChI=1S/C21H25N3OS/c1-4-7-17(6-3)21(23-18-10-8-16(13-25)9-11-18)24-20(22)19-12-15(5-2)14-26-19/h5,8-14,23H,2,4,6-7H2,1,3H3,(H2,22,24)/b21-17-. The molecule has 0 bridgehead atoms. The van der Waals surface area contributed by atoms with Crippen molar-refractivity contribution in [1.29, 1.82) is 0 Å². The zero-order valence-electron chi connectivity index (χ0n) is 15.3. The Morgan fingerprint density at radius 1 is 1.27 bits per heavy atom. The summed E-state index contributed by atoms with van der Waals surface area (Å²) in [6, 6.07) is 9.28. The number of carbonyl (C=O) groups excluding carboxylic acids is 1. The summed E-state index contributed by atoms with van der Waals surface area (Å²) in [4.78, 5) is 16.4. The summed E-state index contributed by atoms with van der Waals surface area (Å²) in [6.45, 7) is 8.05. The van der Waals surface area contributed by atoms with Crippen LogP contribution in [0.3, 0.4) is 0 Å². The molecule has 3 N–H and O–H groups in total. The molecule has 2 aromatic rings. The quantitative estimate of drug-likeness (QED) is 0.352. The van der Waals surface area contributed by atoms with Crippen molar-refractivity contribution in [3.05, 3.63) is 69.7 Å². The minimum atomic E-state index is 0.483. The molecule has 0 aliphatic carbocycles. The van der Waals surface area contributed by atoms with Crippen LogP contribution >= 0.6 is 11.3 Å². The molecule has 0 atom stereocenters. The lowest BCUT2D eigenvalue weighted by Crippen LogP contribution is -2.14. The van der Waals surface area contributed by atoms with E-state index in [0.29, 0.717) is 11.4 Å². The van der Waals surface area contributed by atoms with Gasteiger partial charge in [0.2, 0.25) is 0 Å². The Kier molecular flexibility index (Phi) is 7.36. The Morgan fingerprint density at radius 2 is 2.00 bits per heavy atom. The molecule has 0 unspecified atom stereocenters. The number of carbonyl (C=O) groups is 1. The summed E-state index contributed by atoms with van der Waals surface area (Å²) in [5, 5.41) is 5.37. The Bertz CT molecular complexity index is 816. The molecule has 0 fully saturated rings. The van der Waals surface area contributed by atoms with Gasteiger partial charge in [-0.1, -0.05) is 32.9 Å². The highest BCUT2D eigenvalue weighted by Crippen LogP contribution is 2.22. The van der Waals surface area contributed by atoms with E-state index in [0.717, 1.165) is 47.5 Å². The van der Waals surface area contributed by atoms with Crippen molar-refractivity contribution >= 4 is 35.2 Å². The van der Waals surface area contributed by atoms with Crippen LogP contribution in [0.15, 0.2) is 58.7 Å². The summed E-state index contributed by atoms with van der Waals surface area (Å²) < 4.78 is 0. The summed E-state index contributed by atoms with van der Waals surface area (Å²) in [6.07, 6.45) is 5.50. The van der Waals surface area contributed by atoms with E-state index in [1.807, 2.05) is 23.6 Å². The molecule has 0 aliphatic rings. The van der Waals surface area contributed by atoms with E-state index in [2.05, 4.69) is 25.7 Å². The molecule has 26 heavy (non-hydrogen) atoms. The maximum absolute atomic E-state index is 10.8. The maximum Gasteiger partial charge on any atom is 0.150 e. The van der Waals surface area contributed by atoms with E-state index in [1.165, 1.54) is 5.57 Å². The minimum Gasteiger partial charge on any atom is -0.382 e. The number of benzene rings is 1. The number of rotatable bonds is 9. The number of nitrogens with two attached hydrogens (primary N) is 1. The van der Waals surface area contributed by atoms with Gasteiger partial charge in [-0.05, 0) is 59.7 Å². The predicted molar refractivity (Wildman–Crippen MR) is 113 cm³/mol. The fraction of sp³-hybridized carbons (Fsp3) is 0.238. The van der Waals surface area contributed by atoms with Gasteiger partial charge >= 0.3 is 0 Å². The highest BCUT2D eigenvalue weighted by atomic mass is 32.1. The van der Waals surface area contributed by atoms with Crippen molar-refractivity contribution < 1.29 is 4.79 Å². The van der Waals surface area contributed by atoms with Crippen LogP contribution in [0.2, 0.25) is 0 Å². The van der Waals surface area contributed by atoms with E-state index in [9.17, 15) is 4.79 Å². The van der Waals surface area contributed by atoms with Crippen LogP contribution < -0.4 is 11.1 Å². The molecular weight excluding hydrogens is 342 g/mol. The second kappa shape index (κ2) is 9.73. The highest BCUT2D eigenvalue weighted by Gasteiger charge is 2.09. The third-order valence-corrected chi connectivity index (χ3v) is 4.93. The predicted octanol–water partition coefficient (Wildman–Crippen LogP) is 5.44. The molecule has 0 saturated carbocycles. The number of amidine groups is 1. The lowest BCUT2D eigenvalue weighted by atomic mass is 10.1. The molecule has 136 valence electrons. The van der Waals surface area contributed by atoms with Gasteiger partial charge in [0.25, 0.3) is 0 Å². The number of hydrogen-bond donors (Lipinski definition) is 2. The second-order valence-electron chi connectivity index (χ2n) is 5.87. The van der Waals surface area contributed by atoms with Gasteiger partial charge in [-0.25, -0.2) is 4.99 Å². The molecule has 0 saturated heterocycles. The zero-order valence-corrected chi connectivity index (χ0v) is 16.1. The van der Waals surface area contributed by atoms with Gasteiger partial charge in [-0.3, -0.25) is 4.79 Å². The Morgan fingerprint density at radius 3 is 2.54 bits per heavy atom. The lowest BCUT2D eigenvalue weighted by molar-refractivity contribution is 0.112. The molecule has 0 spiro atoms. The SMILES string of the molecule is C=Cc1csc(/C(N)=N/C(Nc2ccc(C=O)cc2)=C(/CC)CCC)c1. The van der Waals surface area contributed by atoms with Gasteiger partial charge in [0.1, 0.15) is 17.9 Å². The summed E-state index contributed by atoms with van der Waals surface area (Å²) >= 11 is 1.55. The molecule has 0 radical (unpaired) electrons. The normalized spacial score (nSPS) is 12.5. The van der Waals surface area contributed by atoms with Crippen LogP contribution in [0.25, 0.3) is 6.08 Å². The summed E-state index contributed by atoms with van der Waals surface area (Å²) in [5.41, 5.74) is 10.0. The number of anilines is 1. The van der Waals surface area contributed by atoms with Gasteiger partial charge in [-0.15, -0.1) is 11.3 Å². The summed E-state index contributed by atoms with van der Waals surface area (Å²) in [7, 11) is 0. The average molecular weight is 368 g/mol. The number of aliphatic imine (C=N–C) groups is 1. The molecule has 1 heterocycles. The molecule has 1 aromatic carbocycles. The van der Waals surface area contributed by atoms with Gasteiger partial charge in [0, 0.05) is 11.3 Å². The van der Waals surface area contributed by atoms with E-state index >= 15 is 0 Å². The monoisotopic (exact) mass is 367 g/mol. The van der Waals surface area contributed by atoms with Crippen molar-refractivity contribution in [2.24, 2.45) is 10.7 Å².